The highest BCUT2D eigenvalue weighted by Gasteiger charge is 2.14. The van der Waals surface area contributed by atoms with Crippen molar-refractivity contribution in [3.05, 3.63) is 57.0 Å². The van der Waals surface area contributed by atoms with Crippen LogP contribution < -0.4 is 4.72 Å². The first-order valence-corrected chi connectivity index (χ1v) is 8.14. The predicted octanol–water partition coefficient (Wildman–Crippen LogP) is 4.56. The van der Waals surface area contributed by atoms with Gasteiger partial charge < -0.3 is 0 Å². The zero-order chi connectivity index (χ0) is 14.0. The summed E-state index contributed by atoms with van der Waals surface area (Å²) in [6.45, 7) is 0. The number of nitrogens with one attached hydrogen (secondary N) is 1. The average Bonchev–Trinajstić information content (AvgIpc) is 2.27. The minimum Gasteiger partial charge on any atom is -0.280 e. The molecule has 1 N–H and O–H groups in total. The van der Waals surface area contributed by atoms with Gasteiger partial charge >= 0.3 is 0 Å². The summed E-state index contributed by atoms with van der Waals surface area (Å²) >= 11 is 14.9. The second kappa shape index (κ2) is 5.71. The topological polar surface area (TPSA) is 46.2 Å². The standard InChI is InChI=1S/C12H8BrCl2NO2S/c13-8-1-3-12(4-2-8)19(17,18)16-11-6-9(14)5-10(15)7-11/h1-7,16H. The highest BCUT2D eigenvalue weighted by Crippen LogP contribution is 2.25. The van der Waals surface area contributed by atoms with E-state index in [4.69, 9.17) is 23.2 Å². The van der Waals surface area contributed by atoms with E-state index in [1.807, 2.05) is 0 Å². The molecule has 0 atom stereocenters. The quantitative estimate of drug-likeness (QED) is 0.848. The molecule has 0 aromatic heterocycles. The lowest BCUT2D eigenvalue weighted by molar-refractivity contribution is 0.601. The van der Waals surface area contributed by atoms with Crippen LogP contribution in [0.4, 0.5) is 5.69 Å². The molecule has 0 spiro atoms. The third-order valence-electron chi connectivity index (χ3n) is 2.24. The van der Waals surface area contributed by atoms with Crippen molar-refractivity contribution in [1.82, 2.24) is 0 Å². The van der Waals surface area contributed by atoms with Crippen LogP contribution in [-0.4, -0.2) is 8.42 Å². The first-order valence-electron chi connectivity index (χ1n) is 5.11. The monoisotopic (exact) mass is 379 g/mol. The van der Waals surface area contributed by atoms with E-state index in [0.29, 0.717) is 15.7 Å². The van der Waals surface area contributed by atoms with Gasteiger partial charge in [-0.15, -0.1) is 0 Å². The van der Waals surface area contributed by atoms with Crippen molar-refractivity contribution in [2.75, 3.05) is 4.72 Å². The van der Waals surface area contributed by atoms with Crippen LogP contribution in [-0.2, 0) is 10.0 Å². The lowest BCUT2D eigenvalue weighted by Gasteiger charge is -2.09. The summed E-state index contributed by atoms with van der Waals surface area (Å²) in [6.07, 6.45) is 0. The highest BCUT2D eigenvalue weighted by atomic mass is 79.9. The lowest BCUT2D eigenvalue weighted by Crippen LogP contribution is -2.12. The third kappa shape index (κ3) is 3.86. The van der Waals surface area contributed by atoms with Gasteiger partial charge in [-0.3, -0.25) is 4.72 Å². The van der Waals surface area contributed by atoms with Gasteiger partial charge in [-0.1, -0.05) is 39.1 Å². The minimum absolute atomic E-state index is 0.159. The second-order valence-electron chi connectivity index (χ2n) is 3.72. The molecule has 2 aromatic carbocycles. The molecule has 0 saturated carbocycles. The van der Waals surface area contributed by atoms with Crippen LogP contribution in [0.2, 0.25) is 10.0 Å². The third-order valence-corrected chi connectivity index (χ3v) is 4.60. The highest BCUT2D eigenvalue weighted by molar-refractivity contribution is 9.10. The van der Waals surface area contributed by atoms with E-state index < -0.39 is 10.0 Å². The molecule has 0 bridgehead atoms. The van der Waals surface area contributed by atoms with Gasteiger partial charge in [0.05, 0.1) is 10.6 Å². The molecular formula is C12H8BrCl2NO2S. The Balaban J connectivity index is 2.33. The van der Waals surface area contributed by atoms with Crippen molar-refractivity contribution in [2.45, 2.75) is 4.90 Å². The summed E-state index contributed by atoms with van der Waals surface area (Å²) in [5.74, 6) is 0. The van der Waals surface area contributed by atoms with E-state index in [1.54, 1.807) is 12.1 Å². The van der Waals surface area contributed by atoms with Crippen LogP contribution in [0.15, 0.2) is 51.8 Å². The summed E-state index contributed by atoms with van der Waals surface area (Å²) < 4.78 is 27.5. The zero-order valence-electron chi connectivity index (χ0n) is 9.40. The Morgan fingerprint density at radius 3 is 2.00 bits per heavy atom. The molecule has 3 nitrogen and oxygen atoms in total. The maximum absolute atomic E-state index is 12.1. The summed E-state index contributed by atoms with van der Waals surface area (Å²) in [7, 11) is -3.65. The van der Waals surface area contributed by atoms with Gasteiger partial charge in [-0.25, -0.2) is 8.42 Å². The minimum atomic E-state index is -3.65. The molecule has 0 amide bonds. The number of benzene rings is 2. The van der Waals surface area contributed by atoms with Crippen LogP contribution in [0.25, 0.3) is 0 Å². The molecule has 0 aliphatic heterocycles. The molecule has 0 fully saturated rings. The number of halogens is 3. The van der Waals surface area contributed by atoms with E-state index in [1.165, 1.54) is 30.3 Å². The Bertz CT molecular complexity index is 682. The van der Waals surface area contributed by atoms with Crippen LogP contribution in [0.5, 0.6) is 0 Å². The van der Waals surface area contributed by atoms with Gasteiger partial charge in [0.15, 0.2) is 0 Å². The Kier molecular flexibility index (Phi) is 4.40. The normalized spacial score (nSPS) is 11.3. The number of hydrogen-bond acceptors (Lipinski definition) is 2. The summed E-state index contributed by atoms with van der Waals surface area (Å²) in [5, 5.41) is 0.724. The molecule has 0 saturated heterocycles. The predicted molar refractivity (Wildman–Crippen MR) is 81.4 cm³/mol. The Morgan fingerprint density at radius 2 is 1.47 bits per heavy atom. The van der Waals surface area contributed by atoms with Gasteiger partial charge in [0.1, 0.15) is 0 Å². The van der Waals surface area contributed by atoms with Gasteiger partial charge in [-0.05, 0) is 42.5 Å². The average molecular weight is 381 g/mol. The zero-order valence-corrected chi connectivity index (χ0v) is 13.3. The molecular weight excluding hydrogens is 373 g/mol. The van der Waals surface area contributed by atoms with Crippen LogP contribution in [0, 0.1) is 0 Å². The first kappa shape index (κ1) is 14.7. The van der Waals surface area contributed by atoms with Crippen molar-refractivity contribution in [3.8, 4) is 0 Å². The van der Waals surface area contributed by atoms with Crippen molar-refractivity contribution in [1.29, 1.82) is 0 Å². The molecule has 2 rings (SSSR count). The van der Waals surface area contributed by atoms with Crippen LogP contribution in [0.3, 0.4) is 0 Å². The molecule has 0 heterocycles. The number of rotatable bonds is 3. The number of sulfonamides is 1. The maximum atomic E-state index is 12.1. The van der Waals surface area contributed by atoms with Gasteiger partial charge in [-0.2, -0.15) is 0 Å². The maximum Gasteiger partial charge on any atom is 0.261 e. The smallest absolute Gasteiger partial charge is 0.261 e. The molecule has 19 heavy (non-hydrogen) atoms. The van der Waals surface area contributed by atoms with Crippen LogP contribution in [0.1, 0.15) is 0 Å². The number of hydrogen-bond donors (Lipinski definition) is 1. The SMILES string of the molecule is O=S(=O)(Nc1cc(Cl)cc(Cl)c1)c1ccc(Br)cc1. The van der Waals surface area contributed by atoms with Gasteiger partial charge in [0.2, 0.25) is 0 Å². The Labute approximate surface area is 129 Å². The number of anilines is 1. The molecule has 7 heteroatoms. The Morgan fingerprint density at radius 1 is 0.947 bits per heavy atom. The van der Waals surface area contributed by atoms with Crippen molar-refractivity contribution in [2.24, 2.45) is 0 Å². The van der Waals surface area contributed by atoms with Crippen molar-refractivity contribution >= 4 is 54.8 Å². The van der Waals surface area contributed by atoms with E-state index in [0.717, 1.165) is 4.47 Å². The van der Waals surface area contributed by atoms with E-state index in [-0.39, 0.29) is 4.90 Å². The molecule has 0 aliphatic carbocycles. The molecule has 100 valence electrons. The van der Waals surface area contributed by atoms with E-state index in [2.05, 4.69) is 20.7 Å². The molecule has 2 aromatic rings. The van der Waals surface area contributed by atoms with Crippen LogP contribution >= 0.6 is 39.1 Å². The molecule has 0 radical (unpaired) electrons. The van der Waals surface area contributed by atoms with Crippen molar-refractivity contribution < 1.29 is 8.42 Å². The van der Waals surface area contributed by atoms with Crippen molar-refractivity contribution in [3.63, 3.8) is 0 Å². The molecule has 0 aliphatic rings. The van der Waals surface area contributed by atoms with E-state index in [9.17, 15) is 8.42 Å². The largest absolute Gasteiger partial charge is 0.280 e. The first-order chi connectivity index (χ1) is 8.87. The fraction of sp³-hybridized carbons (Fsp3) is 0. The summed E-state index contributed by atoms with van der Waals surface area (Å²) in [6, 6.07) is 10.8. The molecule has 0 unspecified atom stereocenters. The van der Waals surface area contributed by atoms with Gasteiger partial charge in [0, 0.05) is 14.5 Å². The second-order valence-corrected chi connectivity index (χ2v) is 7.19. The lowest BCUT2D eigenvalue weighted by atomic mass is 10.3. The Hall–Kier alpha value is -0.750. The summed E-state index contributed by atoms with van der Waals surface area (Å²) in [5.41, 5.74) is 0.320. The van der Waals surface area contributed by atoms with E-state index >= 15 is 0 Å². The summed E-state index contributed by atoms with van der Waals surface area (Å²) in [4.78, 5) is 0.159. The van der Waals surface area contributed by atoms with Gasteiger partial charge in [0.25, 0.3) is 10.0 Å². The fourth-order valence-electron chi connectivity index (χ4n) is 1.44. The fourth-order valence-corrected chi connectivity index (χ4v) is 3.27.